The molecule has 7 nitrogen and oxygen atoms in total. The Morgan fingerprint density at radius 3 is 2.93 bits per heavy atom. The third-order valence-corrected chi connectivity index (χ3v) is 7.09. The van der Waals surface area contributed by atoms with Crippen LogP contribution in [0.1, 0.15) is 34.2 Å². The number of carbonyl (C=O) groups is 1. The SMILES string of the molecule is Cc1nnc(SCc2nc(C(=O)NCCN3CCCC3)cs2)n1-c1cccc(Cl)c1. The molecule has 2 aromatic heterocycles. The van der Waals surface area contributed by atoms with Crippen molar-refractivity contribution in [2.45, 2.75) is 30.7 Å². The van der Waals surface area contributed by atoms with Crippen molar-refractivity contribution < 1.29 is 4.79 Å². The molecule has 1 N–H and O–H groups in total. The molecule has 10 heteroatoms. The largest absolute Gasteiger partial charge is 0.349 e. The summed E-state index contributed by atoms with van der Waals surface area (Å²) in [6, 6.07) is 7.60. The first-order valence-electron chi connectivity index (χ1n) is 9.86. The van der Waals surface area contributed by atoms with Crippen molar-refractivity contribution in [3.8, 4) is 5.69 Å². The van der Waals surface area contributed by atoms with E-state index in [1.807, 2.05) is 41.1 Å². The lowest BCUT2D eigenvalue weighted by atomic mass is 10.3. The van der Waals surface area contributed by atoms with Crippen molar-refractivity contribution in [1.82, 2.24) is 30.0 Å². The number of thioether (sulfide) groups is 1. The second-order valence-corrected chi connectivity index (χ2v) is 9.39. The summed E-state index contributed by atoms with van der Waals surface area (Å²) >= 11 is 9.16. The smallest absolute Gasteiger partial charge is 0.270 e. The van der Waals surface area contributed by atoms with Gasteiger partial charge in [-0.05, 0) is 51.1 Å². The minimum atomic E-state index is -0.111. The molecule has 0 radical (unpaired) electrons. The van der Waals surface area contributed by atoms with Gasteiger partial charge in [0.15, 0.2) is 5.16 Å². The van der Waals surface area contributed by atoms with Crippen LogP contribution in [0.2, 0.25) is 5.02 Å². The van der Waals surface area contributed by atoms with Gasteiger partial charge in [0.1, 0.15) is 16.5 Å². The molecular formula is C20H23ClN6OS2. The average molecular weight is 463 g/mol. The van der Waals surface area contributed by atoms with Crippen molar-refractivity contribution in [3.05, 3.63) is 51.2 Å². The Morgan fingerprint density at radius 2 is 2.13 bits per heavy atom. The maximum absolute atomic E-state index is 12.3. The summed E-state index contributed by atoms with van der Waals surface area (Å²) in [6.45, 7) is 5.73. The number of hydrogen-bond donors (Lipinski definition) is 1. The number of nitrogens with one attached hydrogen (secondary N) is 1. The molecule has 0 spiro atoms. The quantitative estimate of drug-likeness (QED) is 0.513. The number of benzene rings is 1. The lowest BCUT2D eigenvalue weighted by Gasteiger charge is -2.14. The highest BCUT2D eigenvalue weighted by Crippen LogP contribution is 2.27. The van der Waals surface area contributed by atoms with Crippen LogP contribution in [0.25, 0.3) is 5.69 Å². The van der Waals surface area contributed by atoms with Gasteiger partial charge >= 0.3 is 0 Å². The maximum atomic E-state index is 12.3. The first-order valence-corrected chi connectivity index (χ1v) is 12.1. The van der Waals surface area contributed by atoms with Crippen LogP contribution in [0.4, 0.5) is 0 Å². The summed E-state index contributed by atoms with van der Waals surface area (Å²) < 4.78 is 1.97. The van der Waals surface area contributed by atoms with Gasteiger partial charge in [-0.25, -0.2) is 4.98 Å². The number of aromatic nitrogens is 4. The molecule has 158 valence electrons. The molecule has 0 atom stereocenters. The summed E-state index contributed by atoms with van der Waals surface area (Å²) in [7, 11) is 0. The molecule has 4 rings (SSSR count). The molecular weight excluding hydrogens is 440 g/mol. The number of likely N-dealkylation sites (tertiary alicyclic amines) is 1. The number of carbonyl (C=O) groups excluding carboxylic acids is 1. The number of halogens is 1. The highest BCUT2D eigenvalue weighted by atomic mass is 35.5. The minimum absolute atomic E-state index is 0.111. The van der Waals surface area contributed by atoms with E-state index in [1.54, 1.807) is 0 Å². The zero-order valence-electron chi connectivity index (χ0n) is 16.7. The Kier molecular flexibility index (Phi) is 7.04. The molecule has 1 saturated heterocycles. The Hall–Kier alpha value is -1.94. The minimum Gasteiger partial charge on any atom is -0.349 e. The topological polar surface area (TPSA) is 75.9 Å². The van der Waals surface area contributed by atoms with Gasteiger partial charge in [0.2, 0.25) is 0 Å². The molecule has 0 aliphatic carbocycles. The number of amides is 1. The van der Waals surface area contributed by atoms with Gasteiger partial charge in [-0.3, -0.25) is 9.36 Å². The summed E-state index contributed by atoms with van der Waals surface area (Å²) in [6.07, 6.45) is 2.51. The molecule has 0 saturated carbocycles. The molecule has 1 aliphatic heterocycles. The van der Waals surface area contributed by atoms with E-state index in [4.69, 9.17) is 11.6 Å². The monoisotopic (exact) mass is 462 g/mol. The molecule has 1 fully saturated rings. The maximum Gasteiger partial charge on any atom is 0.270 e. The van der Waals surface area contributed by atoms with Crippen LogP contribution in [0.5, 0.6) is 0 Å². The van der Waals surface area contributed by atoms with E-state index in [9.17, 15) is 4.79 Å². The summed E-state index contributed by atoms with van der Waals surface area (Å²) in [5, 5.41) is 15.6. The molecule has 1 amide bonds. The van der Waals surface area contributed by atoms with Crippen molar-refractivity contribution >= 4 is 40.6 Å². The van der Waals surface area contributed by atoms with Gasteiger partial charge < -0.3 is 10.2 Å². The van der Waals surface area contributed by atoms with Crippen LogP contribution < -0.4 is 5.32 Å². The van der Waals surface area contributed by atoms with Gasteiger partial charge in [-0.2, -0.15) is 0 Å². The van der Waals surface area contributed by atoms with Crippen LogP contribution >= 0.6 is 34.7 Å². The van der Waals surface area contributed by atoms with Gasteiger partial charge in [0, 0.05) is 23.5 Å². The fraction of sp³-hybridized carbons (Fsp3) is 0.400. The highest BCUT2D eigenvalue weighted by molar-refractivity contribution is 7.98. The lowest BCUT2D eigenvalue weighted by molar-refractivity contribution is 0.0945. The molecule has 3 aromatic rings. The number of rotatable bonds is 8. The standard InChI is InChI=1S/C20H23ClN6OS2/c1-14-24-25-20(27(14)16-6-4-5-15(21)11-16)30-13-18-23-17(12-29-18)19(28)22-7-10-26-8-2-3-9-26/h4-6,11-12H,2-3,7-10,13H2,1H3,(H,22,28). The van der Waals surface area contributed by atoms with E-state index >= 15 is 0 Å². The summed E-state index contributed by atoms with van der Waals surface area (Å²) in [5.41, 5.74) is 1.40. The first kappa shape index (κ1) is 21.3. The molecule has 0 bridgehead atoms. The molecule has 1 aliphatic rings. The third kappa shape index (κ3) is 5.21. The summed E-state index contributed by atoms with van der Waals surface area (Å²) in [4.78, 5) is 19.2. The van der Waals surface area contributed by atoms with E-state index in [-0.39, 0.29) is 5.91 Å². The number of nitrogens with zero attached hydrogens (tertiary/aromatic N) is 5. The Bertz CT molecular complexity index is 1010. The summed E-state index contributed by atoms with van der Waals surface area (Å²) in [5.74, 6) is 1.29. The van der Waals surface area contributed by atoms with Crippen LogP contribution in [0.15, 0.2) is 34.8 Å². The van der Waals surface area contributed by atoms with Crippen LogP contribution in [-0.4, -0.2) is 56.7 Å². The van der Waals surface area contributed by atoms with E-state index in [2.05, 4.69) is 25.4 Å². The third-order valence-electron chi connectivity index (χ3n) is 4.88. The second kappa shape index (κ2) is 9.91. The van der Waals surface area contributed by atoms with E-state index in [0.29, 0.717) is 23.0 Å². The fourth-order valence-electron chi connectivity index (χ4n) is 3.38. The van der Waals surface area contributed by atoms with Crippen molar-refractivity contribution in [2.24, 2.45) is 0 Å². The number of aryl methyl sites for hydroxylation is 1. The Morgan fingerprint density at radius 1 is 1.30 bits per heavy atom. The van der Waals surface area contributed by atoms with Gasteiger partial charge in [0.05, 0.1) is 11.4 Å². The lowest BCUT2D eigenvalue weighted by Crippen LogP contribution is -2.33. The van der Waals surface area contributed by atoms with Crippen LogP contribution in [0, 0.1) is 6.92 Å². The van der Waals surface area contributed by atoms with Crippen LogP contribution in [0.3, 0.4) is 0 Å². The molecule has 0 unspecified atom stereocenters. The Labute approximate surface area is 188 Å². The normalized spacial score (nSPS) is 14.3. The second-order valence-electron chi connectivity index (χ2n) is 7.06. The highest BCUT2D eigenvalue weighted by Gasteiger charge is 2.16. The number of hydrogen-bond acceptors (Lipinski definition) is 7. The first-order chi connectivity index (χ1) is 14.6. The predicted octanol–water partition coefficient (Wildman–Crippen LogP) is 3.80. The van der Waals surface area contributed by atoms with E-state index in [0.717, 1.165) is 41.3 Å². The van der Waals surface area contributed by atoms with E-state index in [1.165, 1.54) is 35.9 Å². The van der Waals surface area contributed by atoms with Crippen molar-refractivity contribution in [3.63, 3.8) is 0 Å². The predicted molar refractivity (Wildman–Crippen MR) is 121 cm³/mol. The van der Waals surface area contributed by atoms with Crippen molar-refractivity contribution in [2.75, 3.05) is 26.2 Å². The van der Waals surface area contributed by atoms with Gasteiger partial charge in [-0.1, -0.05) is 29.4 Å². The average Bonchev–Trinajstić information content (AvgIpc) is 3.47. The Balaban J connectivity index is 1.34. The van der Waals surface area contributed by atoms with Gasteiger partial charge in [0.25, 0.3) is 5.91 Å². The molecule has 3 heterocycles. The zero-order chi connectivity index (χ0) is 20.9. The number of thiazole rings is 1. The van der Waals surface area contributed by atoms with Gasteiger partial charge in [-0.15, -0.1) is 21.5 Å². The van der Waals surface area contributed by atoms with Crippen molar-refractivity contribution in [1.29, 1.82) is 0 Å². The van der Waals surface area contributed by atoms with E-state index < -0.39 is 0 Å². The van der Waals surface area contributed by atoms with Crippen LogP contribution in [-0.2, 0) is 5.75 Å². The zero-order valence-corrected chi connectivity index (χ0v) is 19.1. The fourth-order valence-corrected chi connectivity index (χ4v) is 5.36. The molecule has 30 heavy (non-hydrogen) atoms. The molecule has 1 aromatic carbocycles.